The van der Waals surface area contributed by atoms with Crippen LogP contribution < -0.4 is 4.74 Å². The van der Waals surface area contributed by atoms with E-state index in [1.165, 1.54) is 5.56 Å². The van der Waals surface area contributed by atoms with Crippen LogP contribution in [-0.2, 0) is 6.54 Å². The van der Waals surface area contributed by atoms with E-state index >= 15 is 0 Å². The number of piperazine rings is 1. The molecule has 24 heavy (non-hydrogen) atoms. The maximum atomic E-state index is 5.77. The first-order valence-corrected chi connectivity index (χ1v) is 8.73. The van der Waals surface area contributed by atoms with Crippen LogP contribution in [0.3, 0.4) is 0 Å². The Morgan fingerprint density at radius 1 is 1.08 bits per heavy atom. The predicted octanol–water partition coefficient (Wildman–Crippen LogP) is 3.28. The minimum absolute atomic E-state index is 0.180. The van der Waals surface area contributed by atoms with E-state index in [1.807, 2.05) is 32.2 Å². The Bertz CT molecular complexity index is 646. The van der Waals surface area contributed by atoms with Crippen molar-refractivity contribution in [3.63, 3.8) is 0 Å². The zero-order valence-electron chi connectivity index (χ0n) is 14.9. The summed E-state index contributed by atoms with van der Waals surface area (Å²) in [7, 11) is 2.19. The van der Waals surface area contributed by atoms with Crippen molar-refractivity contribution in [1.29, 1.82) is 0 Å². The number of aromatic nitrogens is 1. The largest absolute Gasteiger partial charge is 0.491 e. The molecule has 0 radical (unpaired) electrons. The van der Waals surface area contributed by atoms with Crippen LogP contribution in [0.4, 0.5) is 0 Å². The van der Waals surface area contributed by atoms with E-state index in [2.05, 4.69) is 46.1 Å². The molecular formula is C20H27N3O. The Balaban J connectivity index is 1.66. The molecule has 4 nitrogen and oxygen atoms in total. The third kappa shape index (κ3) is 4.56. The van der Waals surface area contributed by atoms with Crippen LogP contribution in [0.5, 0.6) is 5.75 Å². The van der Waals surface area contributed by atoms with Gasteiger partial charge in [0.25, 0.3) is 0 Å². The lowest BCUT2D eigenvalue weighted by Crippen LogP contribution is -2.43. The number of rotatable bonds is 5. The molecule has 1 aromatic carbocycles. The Hall–Kier alpha value is -1.91. The van der Waals surface area contributed by atoms with Gasteiger partial charge in [-0.05, 0) is 44.7 Å². The maximum absolute atomic E-state index is 5.77. The summed E-state index contributed by atoms with van der Waals surface area (Å²) in [6.45, 7) is 9.62. The minimum Gasteiger partial charge on any atom is -0.491 e. The third-order valence-electron chi connectivity index (χ3n) is 4.33. The molecule has 0 unspecified atom stereocenters. The fraction of sp³-hybridized carbons (Fsp3) is 0.450. The zero-order chi connectivity index (χ0) is 16.9. The van der Waals surface area contributed by atoms with Gasteiger partial charge in [-0.25, -0.2) is 0 Å². The van der Waals surface area contributed by atoms with Crippen LogP contribution in [0.1, 0.15) is 19.4 Å². The average molecular weight is 325 g/mol. The SMILES string of the molecule is CC(C)Oc1cccc(-c2ccc(CN3CCN(C)CC3)cn2)c1. The van der Waals surface area contributed by atoms with Crippen molar-refractivity contribution in [1.82, 2.24) is 14.8 Å². The lowest BCUT2D eigenvalue weighted by molar-refractivity contribution is 0.148. The number of hydrogen-bond acceptors (Lipinski definition) is 4. The summed E-state index contributed by atoms with van der Waals surface area (Å²) in [6, 6.07) is 12.5. The molecule has 0 atom stereocenters. The van der Waals surface area contributed by atoms with Crippen LogP contribution in [0.25, 0.3) is 11.3 Å². The number of benzene rings is 1. The van der Waals surface area contributed by atoms with E-state index in [9.17, 15) is 0 Å². The molecule has 0 bridgehead atoms. The van der Waals surface area contributed by atoms with Gasteiger partial charge < -0.3 is 9.64 Å². The molecule has 1 saturated heterocycles. The Labute approximate surface area is 145 Å². The van der Waals surface area contributed by atoms with Crippen molar-refractivity contribution >= 4 is 0 Å². The molecule has 0 N–H and O–H groups in total. The molecule has 2 aromatic rings. The first kappa shape index (κ1) is 16.9. The van der Waals surface area contributed by atoms with Gasteiger partial charge in [-0.2, -0.15) is 0 Å². The molecule has 0 aliphatic carbocycles. The Morgan fingerprint density at radius 3 is 2.54 bits per heavy atom. The third-order valence-corrected chi connectivity index (χ3v) is 4.33. The molecule has 1 aliphatic heterocycles. The summed E-state index contributed by atoms with van der Waals surface area (Å²) in [5.41, 5.74) is 3.36. The summed E-state index contributed by atoms with van der Waals surface area (Å²) in [5, 5.41) is 0. The molecule has 128 valence electrons. The number of likely N-dealkylation sites (N-methyl/N-ethyl adjacent to an activating group) is 1. The smallest absolute Gasteiger partial charge is 0.120 e. The van der Waals surface area contributed by atoms with E-state index in [0.717, 1.165) is 49.7 Å². The number of pyridine rings is 1. The molecule has 0 spiro atoms. The molecule has 0 amide bonds. The molecule has 1 fully saturated rings. The van der Waals surface area contributed by atoms with Crippen molar-refractivity contribution < 1.29 is 4.74 Å². The van der Waals surface area contributed by atoms with Crippen LogP contribution >= 0.6 is 0 Å². The first-order chi connectivity index (χ1) is 11.6. The highest BCUT2D eigenvalue weighted by atomic mass is 16.5. The maximum Gasteiger partial charge on any atom is 0.120 e. The summed E-state index contributed by atoms with van der Waals surface area (Å²) < 4.78 is 5.77. The molecule has 0 saturated carbocycles. The fourth-order valence-corrected chi connectivity index (χ4v) is 2.95. The molecule has 1 aliphatic rings. The Morgan fingerprint density at radius 2 is 1.88 bits per heavy atom. The van der Waals surface area contributed by atoms with Gasteiger partial charge in [0.05, 0.1) is 11.8 Å². The molecule has 3 rings (SSSR count). The van der Waals surface area contributed by atoms with Gasteiger partial charge in [0, 0.05) is 44.5 Å². The van der Waals surface area contributed by atoms with Gasteiger partial charge >= 0.3 is 0 Å². The lowest BCUT2D eigenvalue weighted by atomic mass is 10.1. The van der Waals surface area contributed by atoms with Gasteiger partial charge in [-0.3, -0.25) is 9.88 Å². The lowest BCUT2D eigenvalue weighted by Gasteiger charge is -2.32. The summed E-state index contributed by atoms with van der Waals surface area (Å²) >= 11 is 0. The summed E-state index contributed by atoms with van der Waals surface area (Å²) in [5.74, 6) is 0.894. The highest BCUT2D eigenvalue weighted by Gasteiger charge is 2.14. The van der Waals surface area contributed by atoms with E-state index in [0.29, 0.717) is 0 Å². The van der Waals surface area contributed by atoms with Crippen LogP contribution in [0.15, 0.2) is 42.6 Å². The topological polar surface area (TPSA) is 28.6 Å². The van der Waals surface area contributed by atoms with Gasteiger partial charge in [-0.1, -0.05) is 18.2 Å². The number of ether oxygens (including phenoxy) is 1. The monoisotopic (exact) mass is 325 g/mol. The first-order valence-electron chi connectivity index (χ1n) is 8.73. The zero-order valence-corrected chi connectivity index (χ0v) is 14.9. The van der Waals surface area contributed by atoms with Crippen LogP contribution in [-0.4, -0.2) is 54.1 Å². The van der Waals surface area contributed by atoms with Crippen molar-refractivity contribution in [2.75, 3.05) is 33.2 Å². The van der Waals surface area contributed by atoms with Crippen molar-refractivity contribution in [2.45, 2.75) is 26.5 Å². The van der Waals surface area contributed by atoms with Crippen molar-refractivity contribution in [2.24, 2.45) is 0 Å². The molecule has 4 heteroatoms. The van der Waals surface area contributed by atoms with Crippen molar-refractivity contribution in [3.05, 3.63) is 48.2 Å². The predicted molar refractivity (Wildman–Crippen MR) is 98.2 cm³/mol. The van der Waals surface area contributed by atoms with Crippen LogP contribution in [0, 0.1) is 0 Å². The second kappa shape index (κ2) is 7.77. The van der Waals surface area contributed by atoms with E-state index in [-0.39, 0.29) is 6.10 Å². The van der Waals surface area contributed by atoms with E-state index in [1.54, 1.807) is 0 Å². The molecule has 2 heterocycles. The fourth-order valence-electron chi connectivity index (χ4n) is 2.95. The number of nitrogens with zero attached hydrogens (tertiary/aromatic N) is 3. The van der Waals surface area contributed by atoms with E-state index in [4.69, 9.17) is 4.74 Å². The summed E-state index contributed by atoms with van der Waals surface area (Å²) in [4.78, 5) is 9.53. The van der Waals surface area contributed by atoms with E-state index < -0.39 is 0 Å². The second-order valence-corrected chi connectivity index (χ2v) is 6.83. The summed E-state index contributed by atoms with van der Waals surface area (Å²) in [6.07, 6.45) is 2.18. The molecular weight excluding hydrogens is 298 g/mol. The van der Waals surface area contributed by atoms with Crippen molar-refractivity contribution in [3.8, 4) is 17.0 Å². The molecule has 1 aromatic heterocycles. The highest BCUT2D eigenvalue weighted by Crippen LogP contribution is 2.23. The van der Waals surface area contributed by atoms with Gasteiger partial charge in [-0.15, -0.1) is 0 Å². The van der Waals surface area contributed by atoms with Crippen LogP contribution in [0.2, 0.25) is 0 Å². The van der Waals surface area contributed by atoms with Gasteiger partial charge in [0.15, 0.2) is 0 Å². The number of hydrogen-bond donors (Lipinski definition) is 0. The average Bonchev–Trinajstić information content (AvgIpc) is 2.57. The minimum atomic E-state index is 0.180. The second-order valence-electron chi connectivity index (χ2n) is 6.83. The van der Waals surface area contributed by atoms with Gasteiger partial charge in [0.1, 0.15) is 5.75 Å². The normalized spacial score (nSPS) is 16.5. The van der Waals surface area contributed by atoms with Gasteiger partial charge in [0.2, 0.25) is 0 Å². The quantitative estimate of drug-likeness (QED) is 0.843. The standard InChI is InChI=1S/C20H27N3O/c1-16(2)24-19-6-4-5-18(13-19)20-8-7-17(14-21-20)15-23-11-9-22(3)10-12-23/h4-8,13-14,16H,9-12,15H2,1-3H3. The highest BCUT2D eigenvalue weighted by molar-refractivity contribution is 5.61. The Kier molecular flexibility index (Phi) is 5.48.